The minimum atomic E-state index is -2.94. The maximum Gasteiger partial charge on any atom is 0.172 e. The van der Waals surface area contributed by atoms with Crippen LogP contribution in [0, 0.1) is 0 Å². The number of phenols is 1. The monoisotopic (exact) mass is 337 g/mol. The summed E-state index contributed by atoms with van der Waals surface area (Å²) in [5.74, 6) is 0.533. The minimum absolute atomic E-state index is 0.0531. The molecule has 0 aliphatic rings. The fourth-order valence-corrected chi connectivity index (χ4v) is 2.38. The Morgan fingerprint density at radius 3 is 2.67 bits per heavy atom. The van der Waals surface area contributed by atoms with Gasteiger partial charge in [-0.15, -0.1) is 0 Å². The Hall–Kier alpha value is -0.790. The number of ether oxygens (including phenoxy) is 1. The summed E-state index contributed by atoms with van der Waals surface area (Å²) in [5, 5.41) is 12.6. The molecule has 18 heavy (non-hydrogen) atoms. The third kappa shape index (κ3) is 4.83. The molecule has 0 spiro atoms. The number of hydrogen-bond donors (Lipinski definition) is 2. The molecule has 7 heteroatoms. The SMILES string of the molecule is COc1cc(CNCCS(C)(=O)=O)cc(Br)c1O. The highest BCUT2D eigenvalue weighted by Gasteiger charge is 2.08. The molecule has 1 aromatic rings. The Labute approximate surface area is 115 Å². The summed E-state index contributed by atoms with van der Waals surface area (Å²) in [6, 6.07) is 3.46. The van der Waals surface area contributed by atoms with Gasteiger partial charge >= 0.3 is 0 Å². The van der Waals surface area contributed by atoms with Crippen LogP contribution in [0.15, 0.2) is 16.6 Å². The van der Waals surface area contributed by atoms with Gasteiger partial charge < -0.3 is 15.2 Å². The van der Waals surface area contributed by atoms with Crippen LogP contribution in [0.5, 0.6) is 11.5 Å². The van der Waals surface area contributed by atoms with Gasteiger partial charge in [-0.3, -0.25) is 0 Å². The molecule has 0 aromatic heterocycles. The van der Waals surface area contributed by atoms with E-state index in [-0.39, 0.29) is 11.5 Å². The number of benzene rings is 1. The van der Waals surface area contributed by atoms with Crippen LogP contribution in [0.1, 0.15) is 5.56 Å². The van der Waals surface area contributed by atoms with Crippen LogP contribution in [0.3, 0.4) is 0 Å². The van der Waals surface area contributed by atoms with Crippen molar-refractivity contribution in [2.24, 2.45) is 0 Å². The fourth-order valence-electron chi connectivity index (χ4n) is 1.38. The van der Waals surface area contributed by atoms with Gasteiger partial charge in [0, 0.05) is 19.3 Å². The molecule has 0 bridgehead atoms. The van der Waals surface area contributed by atoms with Crippen LogP contribution < -0.4 is 10.1 Å². The Morgan fingerprint density at radius 1 is 1.44 bits per heavy atom. The Morgan fingerprint density at radius 2 is 2.11 bits per heavy atom. The van der Waals surface area contributed by atoms with Gasteiger partial charge in [-0.05, 0) is 33.6 Å². The number of methoxy groups -OCH3 is 1. The van der Waals surface area contributed by atoms with E-state index in [1.807, 2.05) is 0 Å². The number of rotatable bonds is 6. The van der Waals surface area contributed by atoms with Gasteiger partial charge in [0.15, 0.2) is 11.5 Å². The van der Waals surface area contributed by atoms with Gasteiger partial charge in [-0.25, -0.2) is 8.42 Å². The summed E-state index contributed by atoms with van der Waals surface area (Å²) in [5.41, 5.74) is 0.894. The van der Waals surface area contributed by atoms with Crippen LogP contribution in [0.25, 0.3) is 0 Å². The molecule has 0 saturated carbocycles. The standard InChI is InChI=1S/C11H16BrNO4S/c1-17-10-6-8(5-9(12)11(10)14)7-13-3-4-18(2,15)16/h5-6,13-14H,3-4,7H2,1-2H3. The second-order valence-corrected chi connectivity index (χ2v) is 7.05. The van der Waals surface area contributed by atoms with Gasteiger partial charge in [0.05, 0.1) is 17.3 Å². The first-order chi connectivity index (χ1) is 8.33. The summed E-state index contributed by atoms with van der Waals surface area (Å²) in [6.45, 7) is 0.893. The first-order valence-electron chi connectivity index (χ1n) is 5.27. The number of halogens is 1. The van der Waals surface area contributed by atoms with Crippen molar-refractivity contribution in [1.82, 2.24) is 5.32 Å². The van der Waals surface area contributed by atoms with Crippen molar-refractivity contribution in [3.05, 3.63) is 22.2 Å². The molecule has 0 saturated heterocycles. The van der Waals surface area contributed by atoms with Gasteiger partial charge in [0.2, 0.25) is 0 Å². The average Bonchev–Trinajstić information content (AvgIpc) is 2.27. The highest BCUT2D eigenvalue weighted by molar-refractivity contribution is 9.10. The molecule has 0 unspecified atom stereocenters. The van der Waals surface area contributed by atoms with E-state index in [0.717, 1.165) is 5.56 Å². The van der Waals surface area contributed by atoms with E-state index in [2.05, 4.69) is 21.2 Å². The molecule has 102 valence electrons. The van der Waals surface area contributed by atoms with Crippen molar-refractivity contribution >= 4 is 25.8 Å². The summed E-state index contributed by atoms with van der Waals surface area (Å²) in [6.07, 6.45) is 1.20. The number of nitrogens with one attached hydrogen (secondary N) is 1. The van der Waals surface area contributed by atoms with E-state index >= 15 is 0 Å². The van der Waals surface area contributed by atoms with Crippen molar-refractivity contribution in [2.45, 2.75) is 6.54 Å². The molecular weight excluding hydrogens is 322 g/mol. The quantitative estimate of drug-likeness (QED) is 0.765. The number of phenolic OH excluding ortho intramolecular Hbond substituents is 1. The van der Waals surface area contributed by atoms with Crippen molar-refractivity contribution < 1.29 is 18.3 Å². The normalized spacial score (nSPS) is 11.5. The topological polar surface area (TPSA) is 75.6 Å². The van der Waals surface area contributed by atoms with Gasteiger partial charge in [0.25, 0.3) is 0 Å². The predicted octanol–water partition coefficient (Wildman–Crippen LogP) is 1.30. The van der Waals surface area contributed by atoms with Crippen molar-refractivity contribution in [3.8, 4) is 11.5 Å². The first-order valence-corrected chi connectivity index (χ1v) is 8.12. The van der Waals surface area contributed by atoms with Crippen molar-refractivity contribution in [3.63, 3.8) is 0 Å². The number of hydrogen-bond acceptors (Lipinski definition) is 5. The van der Waals surface area contributed by atoms with E-state index < -0.39 is 9.84 Å². The third-order valence-corrected chi connectivity index (χ3v) is 3.84. The summed E-state index contributed by atoms with van der Waals surface area (Å²) < 4.78 is 27.4. The number of sulfone groups is 1. The van der Waals surface area contributed by atoms with E-state index in [0.29, 0.717) is 23.3 Å². The highest BCUT2D eigenvalue weighted by atomic mass is 79.9. The van der Waals surface area contributed by atoms with E-state index in [9.17, 15) is 13.5 Å². The van der Waals surface area contributed by atoms with Gasteiger partial charge in [-0.2, -0.15) is 0 Å². The third-order valence-electron chi connectivity index (χ3n) is 2.29. The van der Waals surface area contributed by atoms with Crippen molar-refractivity contribution in [1.29, 1.82) is 0 Å². The predicted molar refractivity (Wildman–Crippen MR) is 73.8 cm³/mol. The molecule has 0 radical (unpaired) electrons. The highest BCUT2D eigenvalue weighted by Crippen LogP contribution is 2.35. The van der Waals surface area contributed by atoms with Gasteiger partial charge in [-0.1, -0.05) is 0 Å². The first kappa shape index (κ1) is 15.3. The molecule has 0 aliphatic heterocycles. The van der Waals surface area contributed by atoms with Crippen molar-refractivity contribution in [2.75, 3.05) is 25.7 Å². The lowest BCUT2D eigenvalue weighted by Crippen LogP contribution is -2.21. The zero-order valence-electron chi connectivity index (χ0n) is 10.2. The summed E-state index contributed by atoms with van der Waals surface area (Å²) in [4.78, 5) is 0. The maximum atomic E-state index is 10.9. The molecule has 0 atom stereocenters. The maximum absolute atomic E-state index is 10.9. The molecule has 2 N–H and O–H groups in total. The van der Waals surface area contributed by atoms with Crippen LogP contribution in [0.4, 0.5) is 0 Å². The average molecular weight is 338 g/mol. The zero-order valence-corrected chi connectivity index (χ0v) is 12.6. The molecule has 0 heterocycles. The van der Waals surface area contributed by atoms with Crippen LogP contribution >= 0.6 is 15.9 Å². The molecular formula is C11H16BrNO4S. The fraction of sp³-hybridized carbons (Fsp3) is 0.455. The second kappa shape index (κ2) is 6.40. The molecule has 0 fully saturated rings. The molecule has 0 aliphatic carbocycles. The number of aromatic hydroxyl groups is 1. The zero-order chi connectivity index (χ0) is 13.8. The molecule has 1 rings (SSSR count). The lowest BCUT2D eigenvalue weighted by atomic mass is 10.2. The largest absolute Gasteiger partial charge is 0.503 e. The Kier molecular flexibility index (Phi) is 5.43. The Balaban J connectivity index is 2.60. The van der Waals surface area contributed by atoms with E-state index in [1.54, 1.807) is 12.1 Å². The van der Waals surface area contributed by atoms with Crippen LogP contribution in [0.2, 0.25) is 0 Å². The van der Waals surface area contributed by atoms with Crippen LogP contribution in [-0.4, -0.2) is 39.2 Å². The second-order valence-electron chi connectivity index (χ2n) is 3.94. The smallest absolute Gasteiger partial charge is 0.172 e. The lowest BCUT2D eigenvalue weighted by molar-refractivity contribution is 0.371. The van der Waals surface area contributed by atoms with E-state index in [1.165, 1.54) is 13.4 Å². The minimum Gasteiger partial charge on any atom is -0.503 e. The Bertz CT molecular complexity index is 516. The lowest BCUT2D eigenvalue weighted by Gasteiger charge is -2.09. The summed E-state index contributed by atoms with van der Waals surface area (Å²) >= 11 is 3.22. The molecule has 0 amide bonds. The molecule has 5 nitrogen and oxygen atoms in total. The van der Waals surface area contributed by atoms with Gasteiger partial charge in [0.1, 0.15) is 9.84 Å². The van der Waals surface area contributed by atoms with E-state index in [4.69, 9.17) is 4.74 Å². The van der Waals surface area contributed by atoms with Crippen LogP contribution in [-0.2, 0) is 16.4 Å². The summed E-state index contributed by atoms with van der Waals surface area (Å²) in [7, 11) is -1.47. The molecule has 1 aromatic carbocycles.